The van der Waals surface area contributed by atoms with E-state index in [1.165, 1.54) is 0 Å². The zero-order valence-electron chi connectivity index (χ0n) is 10.9. The lowest BCUT2D eigenvalue weighted by atomic mass is 10.2. The predicted octanol–water partition coefficient (Wildman–Crippen LogP) is 0.964. The molecule has 0 rings (SSSR count). The van der Waals surface area contributed by atoms with Gasteiger partial charge in [-0.15, -0.1) is 0 Å². The fraction of sp³-hybridized carbons (Fsp3) is 0.818. The molecule has 0 aliphatic heterocycles. The van der Waals surface area contributed by atoms with Gasteiger partial charge in [0.05, 0.1) is 0 Å². The molecule has 0 heterocycles. The average Bonchev–Trinajstić information content (AvgIpc) is 2.13. The quantitative estimate of drug-likeness (QED) is 0.608. The van der Waals surface area contributed by atoms with E-state index >= 15 is 0 Å². The minimum atomic E-state index is -0.884. The van der Waals surface area contributed by atoms with Crippen LogP contribution >= 0.6 is 0 Å². The van der Waals surface area contributed by atoms with Crippen LogP contribution in [0.1, 0.15) is 34.1 Å². The minimum absolute atomic E-state index is 0.453. The normalized spacial score (nSPS) is 12.9. The first-order valence-corrected chi connectivity index (χ1v) is 5.65. The van der Waals surface area contributed by atoms with Gasteiger partial charge in [0, 0.05) is 6.54 Å². The van der Waals surface area contributed by atoms with Crippen molar-refractivity contribution in [1.29, 1.82) is 0 Å². The molecule has 0 aromatic carbocycles. The smallest absolute Gasteiger partial charge is 0.407 e. The van der Waals surface area contributed by atoms with E-state index in [1.807, 2.05) is 0 Å². The van der Waals surface area contributed by atoms with Gasteiger partial charge in [-0.3, -0.25) is 4.79 Å². The lowest BCUT2D eigenvalue weighted by Gasteiger charge is -2.19. The Morgan fingerprint density at radius 1 is 1.29 bits per heavy atom. The maximum atomic E-state index is 11.2. The van der Waals surface area contributed by atoms with Crippen molar-refractivity contribution in [2.75, 3.05) is 13.1 Å². The van der Waals surface area contributed by atoms with Crippen LogP contribution in [0.15, 0.2) is 0 Å². The first-order valence-electron chi connectivity index (χ1n) is 5.65. The van der Waals surface area contributed by atoms with Crippen molar-refractivity contribution >= 4 is 12.1 Å². The number of nitrogens with one attached hydrogen (secondary N) is 2. The van der Waals surface area contributed by atoms with E-state index in [4.69, 9.17) is 9.84 Å². The SMILES string of the molecule is C[C@@H](NCCCNC(=O)OC(C)(C)C)C(=O)O. The van der Waals surface area contributed by atoms with Gasteiger partial charge in [-0.05, 0) is 40.7 Å². The minimum Gasteiger partial charge on any atom is -0.480 e. The molecular weight excluding hydrogens is 224 g/mol. The lowest BCUT2D eigenvalue weighted by molar-refractivity contribution is -0.139. The number of carboxylic acids is 1. The molecule has 1 atom stereocenters. The molecule has 0 aliphatic rings. The highest BCUT2D eigenvalue weighted by Gasteiger charge is 2.15. The molecule has 0 fully saturated rings. The number of alkyl carbamates (subject to hydrolysis) is 1. The number of carboxylic acid groups (broad SMARTS) is 1. The zero-order chi connectivity index (χ0) is 13.5. The van der Waals surface area contributed by atoms with Gasteiger partial charge in [0.2, 0.25) is 0 Å². The topological polar surface area (TPSA) is 87.7 Å². The highest BCUT2D eigenvalue weighted by atomic mass is 16.6. The van der Waals surface area contributed by atoms with E-state index in [0.29, 0.717) is 19.5 Å². The predicted molar refractivity (Wildman–Crippen MR) is 64.0 cm³/mol. The van der Waals surface area contributed by atoms with Gasteiger partial charge in [0.15, 0.2) is 0 Å². The van der Waals surface area contributed by atoms with Gasteiger partial charge in [-0.2, -0.15) is 0 Å². The van der Waals surface area contributed by atoms with Crippen LogP contribution in [0, 0.1) is 0 Å². The van der Waals surface area contributed by atoms with Crippen LogP contribution in [0.25, 0.3) is 0 Å². The molecule has 6 heteroatoms. The summed E-state index contributed by atoms with van der Waals surface area (Å²) >= 11 is 0. The summed E-state index contributed by atoms with van der Waals surface area (Å²) in [4.78, 5) is 21.7. The summed E-state index contributed by atoms with van der Waals surface area (Å²) in [7, 11) is 0. The van der Waals surface area contributed by atoms with Crippen LogP contribution in [-0.2, 0) is 9.53 Å². The second kappa shape index (κ2) is 7.11. The van der Waals surface area contributed by atoms with Crippen LogP contribution in [0.2, 0.25) is 0 Å². The van der Waals surface area contributed by atoms with Gasteiger partial charge >= 0.3 is 12.1 Å². The van der Waals surface area contributed by atoms with Gasteiger partial charge in [-0.25, -0.2) is 4.79 Å². The zero-order valence-corrected chi connectivity index (χ0v) is 10.9. The maximum Gasteiger partial charge on any atom is 0.407 e. The molecule has 3 N–H and O–H groups in total. The molecule has 0 unspecified atom stereocenters. The number of hydrogen-bond acceptors (Lipinski definition) is 4. The fourth-order valence-electron chi connectivity index (χ4n) is 0.999. The fourth-order valence-corrected chi connectivity index (χ4v) is 0.999. The summed E-state index contributed by atoms with van der Waals surface area (Å²) in [6.07, 6.45) is 0.195. The number of rotatable bonds is 6. The Balaban J connectivity index is 3.52. The highest BCUT2D eigenvalue weighted by Crippen LogP contribution is 2.06. The van der Waals surface area contributed by atoms with E-state index in [-0.39, 0.29) is 0 Å². The third-order valence-corrected chi connectivity index (χ3v) is 1.84. The van der Waals surface area contributed by atoms with Crippen LogP contribution in [0.5, 0.6) is 0 Å². The molecule has 0 bridgehead atoms. The summed E-state index contributed by atoms with van der Waals surface area (Å²) in [6, 6.07) is -0.573. The largest absolute Gasteiger partial charge is 0.480 e. The van der Waals surface area contributed by atoms with Crippen molar-refractivity contribution < 1.29 is 19.4 Å². The molecule has 0 aliphatic carbocycles. The van der Waals surface area contributed by atoms with Crippen molar-refractivity contribution in [3.8, 4) is 0 Å². The van der Waals surface area contributed by atoms with Crippen LogP contribution < -0.4 is 10.6 Å². The third-order valence-electron chi connectivity index (χ3n) is 1.84. The number of carbonyl (C=O) groups is 2. The molecule has 0 aromatic rings. The summed E-state index contributed by atoms with van der Waals surface area (Å²) in [6.45, 7) is 7.94. The molecule has 100 valence electrons. The van der Waals surface area contributed by atoms with Gasteiger partial charge < -0.3 is 20.5 Å². The Labute approximate surface area is 102 Å². The van der Waals surface area contributed by atoms with Crippen LogP contribution in [0.3, 0.4) is 0 Å². The number of ether oxygens (including phenoxy) is 1. The summed E-state index contributed by atoms with van der Waals surface area (Å²) in [5.74, 6) is -0.884. The Morgan fingerprint density at radius 3 is 2.35 bits per heavy atom. The first-order chi connectivity index (χ1) is 7.72. The Kier molecular flexibility index (Phi) is 6.57. The van der Waals surface area contributed by atoms with Gasteiger partial charge in [-0.1, -0.05) is 0 Å². The molecule has 0 saturated heterocycles. The maximum absolute atomic E-state index is 11.2. The monoisotopic (exact) mass is 246 g/mol. The summed E-state index contributed by atoms with van der Waals surface area (Å²) < 4.78 is 5.04. The van der Waals surface area contributed by atoms with Crippen molar-refractivity contribution in [2.24, 2.45) is 0 Å². The van der Waals surface area contributed by atoms with E-state index < -0.39 is 23.7 Å². The molecule has 0 spiro atoms. The Morgan fingerprint density at radius 2 is 1.88 bits per heavy atom. The first kappa shape index (κ1) is 15.7. The standard InChI is InChI=1S/C11H22N2O4/c1-8(9(14)15)12-6-5-7-13-10(16)17-11(2,3)4/h8,12H,5-7H2,1-4H3,(H,13,16)(H,14,15)/t8-/m1/s1. The van der Waals surface area contributed by atoms with E-state index in [1.54, 1.807) is 27.7 Å². The molecule has 0 radical (unpaired) electrons. The van der Waals surface area contributed by atoms with Crippen molar-refractivity contribution in [3.63, 3.8) is 0 Å². The second-order valence-corrected chi connectivity index (χ2v) is 4.80. The molecule has 0 aromatic heterocycles. The van der Waals surface area contributed by atoms with E-state index in [2.05, 4.69) is 10.6 Å². The molecular formula is C11H22N2O4. The van der Waals surface area contributed by atoms with Crippen LogP contribution in [-0.4, -0.2) is 41.9 Å². The second-order valence-electron chi connectivity index (χ2n) is 4.80. The van der Waals surface area contributed by atoms with Gasteiger partial charge in [0.25, 0.3) is 0 Å². The molecule has 0 saturated carbocycles. The summed E-state index contributed by atoms with van der Waals surface area (Å²) in [5, 5.41) is 14.0. The number of carbonyl (C=O) groups excluding carboxylic acids is 1. The van der Waals surface area contributed by atoms with Gasteiger partial charge in [0.1, 0.15) is 11.6 Å². The van der Waals surface area contributed by atoms with E-state index in [9.17, 15) is 9.59 Å². The molecule has 6 nitrogen and oxygen atoms in total. The lowest BCUT2D eigenvalue weighted by Crippen LogP contribution is -2.37. The van der Waals surface area contributed by atoms with Crippen molar-refractivity contribution in [1.82, 2.24) is 10.6 Å². The Hall–Kier alpha value is -1.30. The molecule has 1 amide bonds. The summed E-state index contributed by atoms with van der Waals surface area (Å²) in [5.41, 5.74) is -0.500. The number of hydrogen-bond donors (Lipinski definition) is 3. The number of amides is 1. The van der Waals surface area contributed by atoms with E-state index in [0.717, 1.165) is 0 Å². The Bertz CT molecular complexity index is 261. The van der Waals surface area contributed by atoms with Crippen LogP contribution in [0.4, 0.5) is 4.79 Å². The van der Waals surface area contributed by atoms with Crippen molar-refractivity contribution in [2.45, 2.75) is 45.8 Å². The number of aliphatic carboxylic acids is 1. The third kappa shape index (κ3) is 9.62. The highest BCUT2D eigenvalue weighted by molar-refractivity contribution is 5.72. The van der Waals surface area contributed by atoms with Crippen molar-refractivity contribution in [3.05, 3.63) is 0 Å². The molecule has 17 heavy (non-hydrogen) atoms. The average molecular weight is 246 g/mol.